The molecule has 1 aliphatic rings. The van der Waals surface area contributed by atoms with Gasteiger partial charge in [-0.1, -0.05) is 71.5 Å². The van der Waals surface area contributed by atoms with Crippen LogP contribution in [0.15, 0.2) is 106 Å². The molecule has 0 saturated heterocycles. The van der Waals surface area contributed by atoms with Crippen LogP contribution in [0.5, 0.6) is 0 Å². The number of hydrogen-bond donors (Lipinski definition) is 0. The number of nitro benzene ring substituents is 1. The molecule has 1 atom stereocenters. The Labute approximate surface area is 235 Å². The first-order chi connectivity index (χ1) is 19.1. The molecular weight excluding hydrogens is 528 g/mol. The number of benzene rings is 3. The number of ketones is 2. The van der Waals surface area contributed by atoms with E-state index in [4.69, 9.17) is 4.84 Å². The van der Waals surface area contributed by atoms with Crippen molar-refractivity contribution >= 4 is 40.7 Å². The second-order valence-corrected chi connectivity index (χ2v) is 10.6. The first-order valence-corrected chi connectivity index (χ1v) is 13.2. The maximum atomic E-state index is 13.4. The summed E-state index contributed by atoms with van der Waals surface area (Å²) in [7, 11) is 0. The van der Waals surface area contributed by atoms with Gasteiger partial charge < -0.3 is 4.84 Å². The highest BCUT2D eigenvalue weighted by molar-refractivity contribution is 8.03. The molecule has 0 bridgehead atoms. The Morgan fingerprint density at radius 2 is 1.70 bits per heavy atom. The summed E-state index contributed by atoms with van der Waals surface area (Å²) in [6.07, 6.45) is 6.46. The fraction of sp³-hybridized carbons (Fsp3) is 0.161. The lowest BCUT2D eigenvalue weighted by atomic mass is 9.77. The summed E-state index contributed by atoms with van der Waals surface area (Å²) in [5.41, 5.74) is 0.661. The highest BCUT2D eigenvalue weighted by Gasteiger charge is 2.32. The van der Waals surface area contributed by atoms with Crippen LogP contribution < -0.4 is 0 Å². The molecule has 1 unspecified atom stereocenters. The predicted octanol–water partition coefficient (Wildman–Crippen LogP) is 6.88. The molecule has 0 N–H and O–H groups in total. The van der Waals surface area contributed by atoms with Crippen LogP contribution in [0.25, 0.3) is 0 Å². The van der Waals surface area contributed by atoms with Gasteiger partial charge in [0, 0.05) is 45.5 Å². The molecule has 0 saturated carbocycles. The van der Waals surface area contributed by atoms with E-state index in [9.17, 15) is 24.5 Å². The highest BCUT2D eigenvalue weighted by Crippen LogP contribution is 2.38. The maximum absolute atomic E-state index is 13.4. The van der Waals surface area contributed by atoms with Crippen molar-refractivity contribution in [2.45, 2.75) is 32.1 Å². The van der Waals surface area contributed by atoms with Gasteiger partial charge in [0.15, 0.2) is 11.5 Å². The third kappa shape index (κ3) is 6.50. The van der Waals surface area contributed by atoms with E-state index < -0.39 is 22.1 Å². The number of carbonyl (C=O) groups is 3. The topological polar surface area (TPSA) is 116 Å². The summed E-state index contributed by atoms with van der Waals surface area (Å²) < 4.78 is 0. The lowest BCUT2D eigenvalue weighted by Gasteiger charge is -2.26. The first-order valence-electron chi connectivity index (χ1n) is 12.4. The number of carbonyl (C=O) groups excluding carboxylic acids is 3. The van der Waals surface area contributed by atoms with Gasteiger partial charge in [0.2, 0.25) is 5.78 Å². The number of allylic oxidation sites excluding steroid dienone is 3. The summed E-state index contributed by atoms with van der Waals surface area (Å²) in [5.74, 6) is -1.21. The van der Waals surface area contributed by atoms with E-state index in [-0.39, 0.29) is 28.3 Å². The van der Waals surface area contributed by atoms with Gasteiger partial charge in [0.1, 0.15) is 0 Å². The highest BCUT2D eigenvalue weighted by atomic mass is 32.2. The van der Waals surface area contributed by atoms with Gasteiger partial charge in [0.25, 0.3) is 5.69 Å². The van der Waals surface area contributed by atoms with E-state index >= 15 is 0 Å². The SMILES string of the molecule is CC(=O)O/N=C(/C(=O)c1ccc(SC2=CCC(C)(C(=O)c3ccccc3)C=C2)cc1)c1cc([N+](=O)[O-])ccc1C. The Bertz CT molecular complexity index is 1580. The Morgan fingerprint density at radius 1 is 1.00 bits per heavy atom. The maximum Gasteiger partial charge on any atom is 0.332 e. The number of Topliss-reactive ketones (excluding diaryl/α,β-unsaturated/α-hetero) is 2. The number of oxime groups is 1. The van der Waals surface area contributed by atoms with E-state index in [0.717, 1.165) is 16.7 Å². The Kier molecular flexibility index (Phi) is 8.55. The molecule has 3 aromatic rings. The first kappa shape index (κ1) is 28.4. The van der Waals surface area contributed by atoms with Gasteiger partial charge in [0.05, 0.1) is 10.3 Å². The fourth-order valence-electron chi connectivity index (χ4n) is 4.13. The molecule has 0 spiro atoms. The summed E-state index contributed by atoms with van der Waals surface area (Å²) >= 11 is 1.50. The zero-order chi connectivity index (χ0) is 28.9. The zero-order valence-electron chi connectivity index (χ0n) is 22.1. The molecule has 1 aliphatic carbocycles. The molecule has 0 aliphatic heterocycles. The van der Waals surface area contributed by atoms with Gasteiger partial charge in [-0.15, -0.1) is 0 Å². The average molecular weight is 555 g/mol. The van der Waals surface area contributed by atoms with E-state index in [2.05, 4.69) is 5.16 Å². The van der Waals surface area contributed by atoms with Crippen molar-refractivity contribution < 1.29 is 24.1 Å². The zero-order valence-corrected chi connectivity index (χ0v) is 22.9. The molecule has 8 nitrogen and oxygen atoms in total. The van der Waals surface area contributed by atoms with Gasteiger partial charge >= 0.3 is 5.97 Å². The van der Waals surface area contributed by atoms with E-state index in [1.807, 2.05) is 55.5 Å². The van der Waals surface area contributed by atoms with E-state index in [1.54, 1.807) is 31.2 Å². The summed E-state index contributed by atoms with van der Waals surface area (Å²) in [6.45, 7) is 4.75. The van der Waals surface area contributed by atoms with Crippen LogP contribution in [-0.4, -0.2) is 28.2 Å². The quantitative estimate of drug-likeness (QED) is 0.0931. The van der Waals surface area contributed by atoms with Gasteiger partial charge in [-0.2, -0.15) is 0 Å². The van der Waals surface area contributed by atoms with Crippen LogP contribution in [0.3, 0.4) is 0 Å². The normalized spacial score (nSPS) is 16.7. The lowest BCUT2D eigenvalue weighted by molar-refractivity contribution is -0.384. The van der Waals surface area contributed by atoms with Crippen LogP contribution in [0.2, 0.25) is 0 Å². The summed E-state index contributed by atoms with van der Waals surface area (Å²) in [5, 5.41) is 15.0. The number of rotatable bonds is 9. The minimum atomic E-state index is -0.726. The van der Waals surface area contributed by atoms with Crippen LogP contribution >= 0.6 is 11.8 Å². The van der Waals surface area contributed by atoms with Crippen molar-refractivity contribution in [3.05, 3.63) is 128 Å². The molecule has 202 valence electrons. The third-order valence-corrected chi connectivity index (χ3v) is 7.46. The smallest absolute Gasteiger partial charge is 0.318 e. The minimum Gasteiger partial charge on any atom is -0.318 e. The van der Waals surface area contributed by atoms with Crippen molar-refractivity contribution in [2.75, 3.05) is 0 Å². The number of nitrogens with zero attached hydrogens (tertiary/aromatic N) is 2. The van der Waals surface area contributed by atoms with Crippen LogP contribution in [-0.2, 0) is 9.63 Å². The summed E-state index contributed by atoms with van der Waals surface area (Å²) in [4.78, 5) is 55.1. The molecule has 0 amide bonds. The molecule has 4 rings (SSSR count). The monoisotopic (exact) mass is 554 g/mol. The molecule has 9 heteroatoms. The second-order valence-electron chi connectivity index (χ2n) is 9.49. The van der Waals surface area contributed by atoms with Crippen molar-refractivity contribution in [3.63, 3.8) is 0 Å². The lowest BCUT2D eigenvalue weighted by Crippen LogP contribution is -2.26. The van der Waals surface area contributed by atoms with Crippen molar-refractivity contribution in [1.82, 2.24) is 0 Å². The van der Waals surface area contributed by atoms with E-state index in [0.29, 0.717) is 17.5 Å². The second kappa shape index (κ2) is 12.0. The number of hydrogen-bond acceptors (Lipinski definition) is 8. The van der Waals surface area contributed by atoms with Crippen molar-refractivity contribution in [2.24, 2.45) is 10.6 Å². The number of thioether (sulfide) groups is 1. The summed E-state index contributed by atoms with van der Waals surface area (Å²) in [6, 6.07) is 20.1. The average Bonchev–Trinajstić information content (AvgIpc) is 2.95. The van der Waals surface area contributed by atoms with Crippen LogP contribution in [0, 0.1) is 22.5 Å². The Morgan fingerprint density at radius 3 is 2.30 bits per heavy atom. The molecule has 0 aromatic heterocycles. The van der Waals surface area contributed by atoms with Gasteiger partial charge in [-0.25, -0.2) is 4.79 Å². The van der Waals surface area contributed by atoms with Gasteiger partial charge in [-0.3, -0.25) is 19.7 Å². The molecule has 0 heterocycles. The van der Waals surface area contributed by atoms with Crippen molar-refractivity contribution in [1.29, 1.82) is 0 Å². The standard InChI is InChI=1S/C31H26N2O6S/c1-20-9-12-24(33(37)38)19-27(20)28(32-39-21(2)34)29(35)22-10-13-25(14-11-22)40-26-15-17-31(3,18-16-26)30(36)23-7-5-4-6-8-23/h4-17,19H,18H2,1-3H3/b32-28+. The number of aryl methyl sites for hydroxylation is 1. The largest absolute Gasteiger partial charge is 0.332 e. The molecule has 3 aromatic carbocycles. The van der Waals surface area contributed by atoms with Crippen LogP contribution in [0.4, 0.5) is 5.69 Å². The number of nitro groups is 1. The van der Waals surface area contributed by atoms with Crippen molar-refractivity contribution in [3.8, 4) is 0 Å². The predicted molar refractivity (Wildman–Crippen MR) is 153 cm³/mol. The fourth-order valence-corrected chi connectivity index (χ4v) is 4.97. The third-order valence-electron chi connectivity index (χ3n) is 6.42. The minimum absolute atomic E-state index is 0.0673. The van der Waals surface area contributed by atoms with Gasteiger partial charge in [-0.05, 0) is 50.1 Å². The van der Waals surface area contributed by atoms with Crippen LogP contribution in [0.1, 0.15) is 52.1 Å². The Hall–Kier alpha value is -4.63. The van der Waals surface area contributed by atoms with E-state index in [1.165, 1.54) is 30.0 Å². The Balaban J connectivity index is 1.51. The molecule has 40 heavy (non-hydrogen) atoms. The molecule has 0 fully saturated rings. The molecular formula is C31H26N2O6S. The number of non-ortho nitro benzene ring substituents is 1. The molecule has 0 radical (unpaired) electrons.